The van der Waals surface area contributed by atoms with Crippen LogP contribution in [-0.4, -0.2) is 25.0 Å². The second kappa shape index (κ2) is 7.56. The molecule has 3 aromatic rings. The quantitative estimate of drug-likeness (QED) is 0.603. The fraction of sp³-hybridized carbons (Fsp3) is 0.200. The van der Waals surface area contributed by atoms with Crippen LogP contribution in [0.15, 0.2) is 78.9 Å². The van der Waals surface area contributed by atoms with Crippen molar-refractivity contribution in [2.45, 2.75) is 19.1 Å². The van der Waals surface area contributed by atoms with E-state index < -0.39 is 18.1 Å². The number of nitrogens with zero attached hydrogens (tertiary/aromatic N) is 2. The van der Waals surface area contributed by atoms with E-state index in [4.69, 9.17) is 9.57 Å². The van der Waals surface area contributed by atoms with Crippen LogP contribution >= 0.6 is 0 Å². The Labute approximate surface area is 180 Å². The van der Waals surface area contributed by atoms with Gasteiger partial charge in [0.1, 0.15) is 11.7 Å². The SMILES string of the molecule is COc1ccc([C@@H]2[C@@H]3C(=O)N(c4ccccc4C)C(=O)[C@@H]3ON2c2ccccc2)cc1. The Morgan fingerprint density at radius 2 is 1.52 bits per heavy atom. The maximum atomic E-state index is 13.6. The molecule has 2 fully saturated rings. The predicted molar refractivity (Wildman–Crippen MR) is 117 cm³/mol. The third-order valence-electron chi connectivity index (χ3n) is 5.94. The molecule has 0 bridgehead atoms. The molecule has 2 amide bonds. The molecular formula is C25H22N2O4. The van der Waals surface area contributed by atoms with Crippen LogP contribution in [0.25, 0.3) is 0 Å². The molecule has 5 rings (SSSR count). The van der Waals surface area contributed by atoms with Gasteiger partial charge in [-0.25, -0.2) is 9.96 Å². The molecule has 0 radical (unpaired) electrons. The second-order valence-corrected chi connectivity index (χ2v) is 7.73. The Bertz CT molecular complexity index is 1130. The molecule has 0 N–H and O–H groups in total. The van der Waals surface area contributed by atoms with Crippen LogP contribution in [0.5, 0.6) is 5.75 Å². The number of benzene rings is 3. The van der Waals surface area contributed by atoms with Gasteiger partial charge in [0.15, 0.2) is 6.10 Å². The minimum atomic E-state index is -0.876. The largest absolute Gasteiger partial charge is 0.497 e. The zero-order valence-corrected chi connectivity index (χ0v) is 17.3. The van der Waals surface area contributed by atoms with E-state index in [1.165, 1.54) is 4.90 Å². The molecule has 2 aliphatic rings. The maximum absolute atomic E-state index is 13.6. The summed E-state index contributed by atoms with van der Waals surface area (Å²) in [5.41, 5.74) is 3.14. The fourth-order valence-electron chi connectivity index (χ4n) is 4.41. The summed E-state index contributed by atoms with van der Waals surface area (Å²) < 4.78 is 5.28. The highest BCUT2D eigenvalue weighted by Crippen LogP contribution is 2.48. The van der Waals surface area contributed by atoms with Crippen molar-refractivity contribution in [3.05, 3.63) is 90.0 Å². The van der Waals surface area contributed by atoms with Gasteiger partial charge in [0.2, 0.25) is 5.91 Å². The average Bonchev–Trinajstić information content (AvgIpc) is 3.31. The summed E-state index contributed by atoms with van der Waals surface area (Å²) in [6.07, 6.45) is -0.876. The molecule has 31 heavy (non-hydrogen) atoms. The smallest absolute Gasteiger partial charge is 0.266 e. The molecule has 0 aliphatic carbocycles. The summed E-state index contributed by atoms with van der Waals surface area (Å²) in [6.45, 7) is 1.89. The first-order chi connectivity index (χ1) is 15.1. The van der Waals surface area contributed by atoms with E-state index in [9.17, 15) is 9.59 Å². The van der Waals surface area contributed by atoms with Crippen LogP contribution in [0.4, 0.5) is 11.4 Å². The first-order valence-corrected chi connectivity index (χ1v) is 10.2. The third kappa shape index (κ3) is 3.07. The van der Waals surface area contributed by atoms with Gasteiger partial charge in [-0.3, -0.25) is 14.4 Å². The number of rotatable bonds is 4. The van der Waals surface area contributed by atoms with Gasteiger partial charge in [0, 0.05) is 0 Å². The van der Waals surface area contributed by atoms with Gasteiger partial charge in [0.25, 0.3) is 5.91 Å². The molecule has 0 aromatic heterocycles. The summed E-state index contributed by atoms with van der Waals surface area (Å²) in [5.74, 6) is -0.508. The molecule has 2 saturated heterocycles. The molecule has 2 heterocycles. The number of carbonyl (C=O) groups excluding carboxylic acids is 2. The zero-order valence-electron chi connectivity index (χ0n) is 17.3. The number of fused-ring (bicyclic) bond motifs is 1. The number of carbonyl (C=O) groups is 2. The molecular weight excluding hydrogens is 392 g/mol. The van der Waals surface area contributed by atoms with Crippen LogP contribution in [0.3, 0.4) is 0 Å². The maximum Gasteiger partial charge on any atom is 0.266 e. The van der Waals surface area contributed by atoms with Crippen molar-refractivity contribution in [2.75, 3.05) is 17.1 Å². The number of hydroxylamine groups is 1. The third-order valence-corrected chi connectivity index (χ3v) is 5.94. The molecule has 0 unspecified atom stereocenters. The topological polar surface area (TPSA) is 59.1 Å². The standard InChI is InChI=1S/C25H22N2O4/c1-16-8-6-7-11-20(16)26-24(28)21-22(17-12-14-19(30-2)15-13-17)27(31-23(21)25(26)29)18-9-4-3-5-10-18/h3-15,21-23H,1-2H3/t21-,22+,23+/m0/s1. The van der Waals surface area contributed by atoms with E-state index in [-0.39, 0.29) is 11.8 Å². The van der Waals surface area contributed by atoms with E-state index in [1.807, 2.05) is 79.7 Å². The van der Waals surface area contributed by atoms with Crippen LogP contribution in [-0.2, 0) is 14.4 Å². The first kappa shape index (κ1) is 19.3. The van der Waals surface area contributed by atoms with Crippen LogP contribution < -0.4 is 14.7 Å². The summed E-state index contributed by atoms with van der Waals surface area (Å²) in [5, 5.41) is 1.70. The molecule has 0 spiro atoms. The lowest BCUT2D eigenvalue weighted by Gasteiger charge is -2.29. The number of methoxy groups -OCH3 is 1. The Balaban J connectivity index is 1.59. The Kier molecular flexibility index (Phi) is 4.71. The van der Waals surface area contributed by atoms with Crippen LogP contribution in [0, 0.1) is 12.8 Å². The highest BCUT2D eigenvalue weighted by atomic mass is 16.7. The number of para-hydroxylation sites is 2. The lowest BCUT2D eigenvalue weighted by atomic mass is 9.90. The Morgan fingerprint density at radius 3 is 2.19 bits per heavy atom. The summed E-state index contributed by atoms with van der Waals surface area (Å²) in [6, 6.07) is 24.0. The number of hydrogen-bond acceptors (Lipinski definition) is 5. The van der Waals surface area contributed by atoms with Crippen molar-refractivity contribution in [1.29, 1.82) is 0 Å². The molecule has 6 nitrogen and oxygen atoms in total. The van der Waals surface area contributed by atoms with Crippen molar-refractivity contribution in [1.82, 2.24) is 0 Å². The van der Waals surface area contributed by atoms with E-state index >= 15 is 0 Å². The van der Waals surface area contributed by atoms with Gasteiger partial charge in [0.05, 0.1) is 24.5 Å². The van der Waals surface area contributed by atoms with E-state index in [1.54, 1.807) is 18.2 Å². The summed E-state index contributed by atoms with van der Waals surface area (Å²) in [4.78, 5) is 34.4. The van der Waals surface area contributed by atoms with Crippen molar-refractivity contribution >= 4 is 23.2 Å². The van der Waals surface area contributed by atoms with Gasteiger partial charge >= 0.3 is 0 Å². The van der Waals surface area contributed by atoms with Crippen molar-refractivity contribution in [3.63, 3.8) is 0 Å². The molecule has 3 atom stereocenters. The lowest BCUT2D eigenvalue weighted by molar-refractivity contribution is -0.126. The highest BCUT2D eigenvalue weighted by Gasteiger charge is 2.60. The van der Waals surface area contributed by atoms with Crippen LogP contribution in [0.2, 0.25) is 0 Å². The normalized spacial score (nSPS) is 22.7. The number of aryl methyl sites for hydroxylation is 1. The first-order valence-electron chi connectivity index (χ1n) is 10.2. The van der Waals surface area contributed by atoms with E-state index in [0.717, 1.165) is 22.6 Å². The van der Waals surface area contributed by atoms with E-state index in [0.29, 0.717) is 5.69 Å². The average molecular weight is 414 g/mol. The zero-order chi connectivity index (χ0) is 21.5. The number of hydrogen-bond donors (Lipinski definition) is 0. The molecule has 156 valence electrons. The molecule has 3 aromatic carbocycles. The van der Waals surface area contributed by atoms with Gasteiger partial charge < -0.3 is 4.74 Å². The Morgan fingerprint density at radius 1 is 0.839 bits per heavy atom. The van der Waals surface area contributed by atoms with Crippen molar-refractivity contribution < 1.29 is 19.2 Å². The number of imide groups is 1. The van der Waals surface area contributed by atoms with Crippen molar-refractivity contribution in [2.24, 2.45) is 5.92 Å². The second-order valence-electron chi connectivity index (χ2n) is 7.73. The summed E-state index contributed by atoms with van der Waals surface area (Å²) in [7, 11) is 1.61. The molecule has 2 aliphatic heterocycles. The number of ether oxygens (including phenoxy) is 1. The van der Waals surface area contributed by atoms with Crippen LogP contribution in [0.1, 0.15) is 17.2 Å². The van der Waals surface area contributed by atoms with Gasteiger partial charge in [-0.2, -0.15) is 0 Å². The fourth-order valence-corrected chi connectivity index (χ4v) is 4.41. The molecule has 0 saturated carbocycles. The number of amides is 2. The van der Waals surface area contributed by atoms with Crippen molar-refractivity contribution in [3.8, 4) is 5.75 Å². The highest BCUT2D eigenvalue weighted by molar-refractivity contribution is 6.24. The van der Waals surface area contributed by atoms with Gasteiger partial charge in [-0.15, -0.1) is 0 Å². The van der Waals surface area contributed by atoms with Gasteiger partial charge in [-0.05, 0) is 48.4 Å². The van der Waals surface area contributed by atoms with Gasteiger partial charge in [-0.1, -0.05) is 48.5 Å². The molecule has 6 heteroatoms. The summed E-state index contributed by atoms with van der Waals surface area (Å²) >= 11 is 0. The lowest BCUT2D eigenvalue weighted by Crippen LogP contribution is -2.37. The predicted octanol–water partition coefficient (Wildman–Crippen LogP) is 4.05. The Hall–Kier alpha value is -3.64. The number of anilines is 2. The minimum Gasteiger partial charge on any atom is -0.497 e. The van der Waals surface area contributed by atoms with E-state index in [2.05, 4.69) is 0 Å². The minimum absolute atomic E-state index is 0.247. The monoisotopic (exact) mass is 414 g/mol.